The lowest BCUT2D eigenvalue weighted by atomic mass is 10.1. The van der Waals surface area contributed by atoms with Gasteiger partial charge in [0.2, 0.25) is 5.91 Å². The average molecular weight is 346 g/mol. The Bertz CT molecular complexity index is 775. The predicted octanol–water partition coefficient (Wildman–Crippen LogP) is 1.65. The molecule has 1 aromatic carbocycles. The second-order valence-corrected chi connectivity index (χ2v) is 6.47. The van der Waals surface area contributed by atoms with E-state index in [-0.39, 0.29) is 29.7 Å². The first kappa shape index (κ1) is 17.4. The van der Waals surface area contributed by atoms with Gasteiger partial charge in [-0.25, -0.2) is 4.39 Å². The van der Waals surface area contributed by atoms with Crippen molar-refractivity contribution in [3.8, 4) is 0 Å². The fraction of sp³-hybridized carbons (Fsp3) is 0.444. The number of aromatic nitrogens is 2. The van der Waals surface area contributed by atoms with E-state index in [2.05, 4.69) is 20.4 Å². The average Bonchev–Trinajstić information content (AvgIpc) is 3.22. The number of H-pyrrole nitrogens is 2. The third-order valence-electron chi connectivity index (χ3n) is 4.76. The Morgan fingerprint density at radius 1 is 1.24 bits per heavy atom. The number of nitrogens with one attached hydrogen (secondary N) is 3. The van der Waals surface area contributed by atoms with E-state index < -0.39 is 0 Å². The summed E-state index contributed by atoms with van der Waals surface area (Å²) in [5, 5.41) is 8.12. The van der Waals surface area contributed by atoms with Crippen LogP contribution in [0.5, 0.6) is 0 Å². The van der Waals surface area contributed by atoms with Crippen molar-refractivity contribution >= 4 is 5.91 Å². The van der Waals surface area contributed by atoms with Crippen LogP contribution in [0.2, 0.25) is 0 Å². The molecule has 1 amide bonds. The largest absolute Gasteiger partial charge is 0.354 e. The van der Waals surface area contributed by atoms with Gasteiger partial charge in [0.25, 0.3) is 5.56 Å². The molecule has 0 saturated carbocycles. The molecule has 1 saturated heterocycles. The first-order valence-corrected chi connectivity index (χ1v) is 8.57. The standard InChI is InChI=1S/C18H23FN4O2/c1-12-15(18(25)22-21-12)10-17(24)20-11-16(23-8-2-3-9-23)13-4-6-14(19)7-5-13/h4-7,16H,2-3,8-11H2,1H3,(H,20,24)(H2,21,22,25). The lowest BCUT2D eigenvalue weighted by Crippen LogP contribution is -2.37. The van der Waals surface area contributed by atoms with Gasteiger partial charge < -0.3 is 10.4 Å². The lowest BCUT2D eigenvalue weighted by molar-refractivity contribution is -0.120. The minimum atomic E-state index is -0.268. The SMILES string of the molecule is Cc1[nH][nH]c(=O)c1CC(=O)NCC(c1ccc(F)cc1)N1CCCC1. The van der Waals surface area contributed by atoms with Crippen LogP contribution < -0.4 is 10.9 Å². The van der Waals surface area contributed by atoms with Crippen LogP contribution in [0.4, 0.5) is 4.39 Å². The lowest BCUT2D eigenvalue weighted by Gasteiger charge is -2.28. The maximum absolute atomic E-state index is 13.2. The molecule has 1 atom stereocenters. The number of hydrogen-bond acceptors (Lipinski definition) is 3. The molecule has 1 aliphatic rings. The van der Waals surface area contributed by atoms with Gasteiger partial charge >= 0.3 is 0 Å². The topological polar surface area (TPSA) is 81.0 Å². The molecule has 134 valence electrons. The Morgan fingerprint density at radius 2 is 1.92 bits per heavy atom. The Labute approximate surface area is 145 Å². The third kappa shape index (κ3) is 4.17. The summed E-state index contributed by atoms with van der Waals surface area (Å²) in [7, 11) is 0. The molecule has 1 aliphatic heterocycles. The molecule has 1 unspecified atom stereocenters. The van der Waals surface area contributed by atoms with Gasteiger partial charge in [-0.05, 0) is 50.6 Å². The van der Waals surface area contributed by atoms with E-state index in [1.165, 1.54) is 12.1 Å². The summed E-state index contributed by atoms with van der Waals surface area (Å²) < 4.78 is 13.2. The summed E-state index contributed by atoms with van der Waals surface area (Å²) in [4.78, 5) is 26.2. The van der Waals surface area contributed by atoms with Crippen molar-refractivity contribution in [1.82, 2.24) is 20.4 Å². The molecule has 2 aromatic rings. The highest BCUT2D eigenvalue weighted by Crippen LogP contribution is 2.24. The number of aromatic amines is 2. The van der Waals surface area contributed by atoms with Gasteiger partial charge in [0.1, 0.15) is 5.82 Å². The van der Waals surface area contributed by atoms with E-state index in [0.29, 0.717) is 17.8 Å². The van der Waals surface area contributed by atoms with Crippen LogP contribution in [0.3, 0.4) is 0 Å². The van der Waals surface area contributed by atoms with Crippen molar-refractivity contribution in [2.75, 3.05) is 19.6 Å². The van der Waals surface area contributed by atoms with E-state index in [1.54, 1.807) is 19.1 Å². The molecule has 7 heteroatoms. The highest BCUT2D eigenvalue weighted by atomic mass is 19.1. The van der Waals surface area contributed by atoms with Gasteiger partial charge in [-0.2, -0.15) is 0 Å². The molecule has 0 radical (unpaired) electrons. The summed E-state index contributed by atoms with van der Waals surface area (Å²) in [6.45, 7) is 4.13. The molecule has 1 fully saturated rings. The molecule has 3 N–H and O–H groups in total. The number of halogens is 1. The number of amides is 1. The van der Waals surface area contributed by atoms with Crippen LogP contribution in [0, 0.1) is 12.7 Å². The van der Waals surface area contributed by atoms with Crippen molar-refractivity contribution in [1.29, 1.82) is 0 Å². The Hall–Kier alpha value is -2.41. The quantitative estimate of drug-likeness (QED) is 0.744. The molecule has 25 heavy (non-hydrogen) atoms. The first-order valence-electron chi connectivity index (χ1n) is 8.57. The zero-order valence-electron chi connectivity index (χ0n) is 14.3. The van der Waals surface area contributed by atoms with Crippen molar-refractivity contribution in [2.24, 2.45) is 0 Å². The van der Waals surface area contributed by atoms with Crippen molar-refractivity contribution in [3.05, 3.63) is 57.3 Å². The van der Waals surface area contributed by atoms with Crippen LogP contribution in [0.15, 0.2) is 29.1 Å². The van der Waals surface area contributed by atoms with E-state index >= 15 is 0 Å². The zero-order chi connectivity index (χ0) is 17.8. The van der Waals surface area contributed by atoms with Gasteiger partial charge in [0.05, 0.1) is 12.5 Å². The summed E-state index contributed by atoms with van der Waals surface area (Å²) in [5.41, 5.74) is 1.85. The fourth-order valence-corrected chi connectivity index (χ4v) is 3.31. The zero-order valence-corrected chi connectivity index (χ0v) is 14.3. The summed E-state index contributed by atoms with van der Waals surface area (Å²) in [6, 6.07) is 6.45. The number of hydrogen-bond donors (Lipinski definition) is 3. The van der Waals surface area contributed by atoms with Gasteiger partial charge in [0.15, 0.2) is 0 Å². The summed E-state index contributed by atoms with van der Waals surface area (Å²) in [5.74, 6) is -0.463. The van der Waals surface area contributed by atoms with Crippen molar-refractivity contribution < 1.29 is 9.18 Å². The number of likely N-dealkylation sites (tertiary alicyclic amines) is 1. The molecule has 0 spiro atoms. The Balaban J connectivity index is 1.67. The number of carbonyl (C=O) groups is 1. The third-order valence-corrected chi connectivity index (χ3v) is 4.76. The maximum Gasteiger partial charge on any atom is 0.267 e. The number of rotatable bonds is 6. The Morgan fingerprint density at radius 3 is 2.52 bits per heavy atom. The molecular formula is C18H23FN4O2. The number of carbonyl (C=O) groups excluding carboxylic acids is 1. The molecule has 0 bridgehead atoms. The van der Waals surface area contributed by atoms with Gasteiger partial charge in [-0.15, -0.1) is 0 Å². The summed E-state index contributed by atoms with van der Waals surface area (Å²) >= 11 is 0. The molecule has 6 nitrogen and oxygen atoms in total. The van der Waals surface area contributed by atoms with Gasteiger partial charge in [-0.3, -0.25) is 19.6 Å². The number of nitrogens with zero attached hydrogens (tertiary/aromatic N) is 1. The minimum Gasteiger partial charge on any atom is -0.354 e. The second-order valence-electron chi connectivity index (χ2n) is 6.47. The molecule has 3 rings (SSSR count). The van der Waals surface area contributed by atoms with Crippen LogP contribution in [-0.4, -0.2) is 40.6 Å². The molecule has 0 aliphatic carbocycles. The van der Waals surface area contributed by atoms with Crippen LogP contribution in [-0.2, 0) is 11.2 Å². The van der Waals surface area contributed by atoms with Crippen LogP contribution >= 0.6 is 0 Å². The maximum atomic E-state index is 13.2. The smallest absolute Gasteiger partial charge is 0.267 e. The highest BCUT2D eigenvalue weighted by molar-refractivity contribution is 5.78. The highest BCUT2D eigenvalue weighted by Gasteiger charge is 2.24. The molecule has 1 aromatic heterocycles. The normalized spacial score (nSPS) is 16.1. The van der Waals surface area contributed by atoms with Crippen LogP contribution in [0.1, 0.15) is 35.7 Å². The van der Waals surface area contributed by atoms with Crippen LogP contribution in [0.25, 0.3) is 0 Å². The van der Waals surface area contributed by atoms with E-state index in [9.17, 15) is 14.0 Å². The van der Waals surface area contributed by atoms with Crippen molar-refractivity contribution in [3.63, 3.8) is 0 Å². The van der Waals surface area contributed by atoms with Gasteiger partial charge in [0, 0.05) is 17.8 Å². The minimum absolute atomic E-state index is 0.0117. The Kier molecular flexibility index (Phi) is 5.33. The number of aryl methyl sites for hydroxylation is 1. The summed E-state index contributed by atoms with van der Waals surface area (Å²) in [6.07, 6.45) is 2.30. The second kappa shape index (κ2) is 7.65. The fourth-order valence-electron chi connectivity index (χ4n) is 3.31. The van der Waals surface area contributed by atoms with E-state index in [1.807, 2.05) is 0 Å². The number of benzene rings is 1. The molecule has 2 heterocycles. The van der Waals surface area contributed by atoms with E-state index in [0.717, 1.165) is 31.5 Å². The monoisotopic (exact) mass is 346 g/mol. The molecular weight excluding hydrogens is 323 g/mol. The predicted molar refractivity (Wildman–Crippen MR) is 92.8 cm³/mol. The van der Waals surface area contributed by atoms with E-state index in [4.69, 9.17) is 0 Å². The first-order chi connectivity index (χ1) is 12.0. The van der Waals surface area contributed by atoms with Crippen molar-refractivity contribution in [2.45, 2.75) is 32.2 Å². The van der Waals surface area contributed by atoms with Gasteiger partial charge in [-0.1, -0.05) is 12.1 Å².